The second-order valence-corrected chi connectivity index (χ2v) is 7.85. The summed E-state index contributed by atoms with van der Waals surface area (Å²) in [6.45, 7) is 3.88. The van der Waals surface area contributed by atoms with Crippen LogP contribution in [0.25, 0.3) is 11.0 Å². The van der Waals surface area contributed by atoms with Crippen molar-refractivity contribution in [3.8, 4) is 5.75 Å². The molecule has 0 fully saturated rings. The molecule has 2 heterocycles. The Morgan fingerprint density at radius 1 is 1.35 bits per heavy atom. The van der Waals surface area contributed by atoms with Crippen LogP contribution in [-0.4, -0.2) is 26.3 Å². The van der Waals surface area contributed by atoms with Gasteiger partial charge in [-0.2, -0.15) is 0 Å². The molecule has 2 aromatic heterocycles. The number of H-pyrrole nitrogens is 1. The minimum absolute atomic E-state index is 0.305. The van der Waals surface area contributed by atoms with Crippen LogP contribution in [0.3, 0.4) is 0 Å². The summed E-state index contributed by atoms with van der Waals surface area (Å²) in [5, 5.41) is 0.475. The molecule has 1 atom stereocenters. The Hall–Kier alpha value is -1.48. The van der Waals surface area contributed by atoms with Gasteiger partial charge >= 0.3 is 0 Å². The van der Waals surface area contributed by atoms with Crippen molar-refractivity contribution in [2.45, 2.75) is 24.8 Å². The number of benzene rings is 1. The average Bonchev–Trinajstić information content (AvgIpc) is 2.93. The molecule has 1 aromatic carbocycles. The number of rotatable bonds is 4. The predicted molar refractivity (Wildman–Crippen MR) is 99.2 cm³/mol. The molecule has 23 heavy (non-hydrogen) atoms. The number of methoxy groups -OCH3 is 1. The Balaban J connectivity index is 1.91. The Bertz CT molecular complexity index is 908. The van der Waals surface area contributed by atoms with Crippen LogP contribution in [0.5, 0.6) is 5.75 Å². The third-order valence-electron chi connectivity index (χ3n) is 3.66. The number of nitrogens with zero attached hydrogens (tertiary/aromatic N) is 2. The largest absolute Gasteiger partial charge is 0.496 e. The van der Waals surface area contributed by atoms with Crippen molar-refractivity contribution in [2.24, 2.45) is 0 Å². The highest BCUT2D eigenvalue weighted by Gasteiger charge is 2.16. The summed E-state index contributed by atoms with van der Waals surface area (Å²) in [7, 11) is 0.348. The number of pyridine rings is 1. The lowest BCUT2D eigenvalue weighted by Gasteiger charge is -2.11. The van der Waals surface area contributed by atoms with E-state index in [0.717, 1.165) is 37.2 Å². The molecule has 0 bridgehead atoms. The number of hydrogen-bond acceptors (Lipinski definition) is 4. The number of aromatic amines is 1. The number of hydrogen-bond donors (Lipinski definition) is 1. The fourth-order valence-electron chi connectivity index (χ4n) is 2.48. The lowest BCUT2D eigenvalue weighted by Crippen LogP contribution is -2.05. The van der Waals surface area contributed by atoms with E-state index in [1.165, 1.54) is 0 Å². The van der Waals surface area contributed by atoms with E-state index in [4.69, 9.17) is 4.74 Å². The van der Waals surface area contributed by atoms with E-state index >= 15 is 0 Å². The first kappa shape index (κ1) is 16.4. The number of nitrogens with one attached hydrogen (secondary N) is 1. The highest BCUT2D eigenvalue weighted by Crippen LogP contribution is 2.25. The van der Waals surface area contributed by atoms with Crippen molar-refractivity contribution in [2.75, 3.05) is 7.11 Å². The maximum absolute atomic E-state index is 12.6. The number of halogens is 1. The Labute approximate surface area is 150 Å². The number of aryl methyl sites for hydroxylation is 1. The molecule has 1 N–H and O–H groups in total. The Morgan fingerprint density at radius 2 is 2.13 bits per heavy atom. The summed E-state index contributed by atoms with van der Waals surface area (Å²) in [6.07, 6.45) is 1.75. The van der Waals surface area contributed by atoms with Crippen LogP contribution in [0.4, 0.5) is 0 Å². The van der Waals surface area contributed by atoms with Crippen molar-refractivity contribution in [3.63, 3.8) is 0 Å². The average molecular weight is 441 g/mol. The van der Waals surface area contributed by atoms with Gasteiger partial charge < -0.3 is 9.72 Å². The molecule has 5 nitrogen and oxygen atoms in total. The summed E-state index contributed by atoms with van der Waals surface area (Å²) in [5.74, 6) is 1.10. The van der Waals surface area contributed by atoms with E-state index < -0.39 is 10.8 Å². The monoisotopic (exact) mass is 441 g/mol. The Kier molecular flexibility index (Phi) is 4.67. The zero-order valence-electron chi connectivity index (χ0n) is 13.0. The molecule has 120 valence electrons. The van der Waals surface area contributed by atoms with Gasteiger partial charge in [0.15, 0.2) is 5.16 Å². The van der Waals surface area contributed by atoms with Crippen LogP contribution in [0.1, 0.15) is 16.8 Å². The van der Waals surface area contributed by atoms with E-state index in [-0.39, 0.29) is 0 Å². The van der Waals surface area contributed by atoms with Gasteiger partial charge in [0.2, 0.25) is 0 Å². The molecule has 7 heteroatoms. The van der Waals surface area contributed by atoms with E-state index in [0.29, 0.717) is 10.9 Å². The smallest absolute Gasteiger partial charge is 0.197 e. The first-order chi connectivity index (χ1) is 11.0. The summed E-state index contributed by atoms with van der Waals surface area (Å²) < 4.78 is 19.1. The van der Waals surface area contributed by atoms with Crippen LogP contribution < -0.4 is 4.74 Å². The van der Waals surface area contributed by atoms with Crippen molar-refractivity contribution in [3.05, 3.63) is 44.8 Å². The molecular weight excluding hydrogens is 425 g/mol. The summed E-state index contributed by atoms with van der Waals surface area (Å²) in [5.41, 5.74) is 4.37. The lowest BCUT2D eigenvalue weighted by molar-refractivity contribution is 0.407. The summed E-state index contributed by atoms with van der Waals surface area (Å²) in [4.78, 5) is 12.0. The van der Waals surface area contributed by atoms with E-state index in [2.05, 4.69) is 37.5 Å². The zero-order chi connectivity index (χ0) is 16.6. The minimum atomic E-state index is -1.29. The maximum Gasteiger partial charge on any atom is 0.197 e. The van der Waals surface area contributed by atoms with Gasteiger partial charge in [-0.25, -0.2) is 4.98 Å². The third-order valence-corrected chi connectivity index (χ3v) is 5.49. The van der Waals surface area contributed by atoms with Crippen LogP contribution in [0, 0.1) is 17.4 Å². The molecule has 0 aliphatic carbocycles. The molecule has 0 unspecified atom stereocenters. The topological polar surface area (TPSA) is 67.9 Å². The van der Waals surface area contributed by atoms with Crippen LogP contribution in [-0.2, 0) is 16.6 Å². The normalized spacial score (nSPS) is 12.5. The van der Waals surface area contributed by atoms with Gasteiger partial charge in [0.1, 0.15) is 5.75 Å². The molecule has 0 radical (unpaired) electrons. The standard InChI is InChI=1S/C16H16IN3O2S/c1-9-7-18-14(10(2)15(9)22-3)8-23(21)16-19-12-5-4-11(17)6-13(12)20-16/h4-7H,8H2,1-3H3,(H,19,20)/t23-/m0/s1. The number of imidazole rings is 1. The van der Waals surface area contributed by atoms with E-state index in [9.17, 15) is 4.21 Å². The summed E-state index contributed by atoms with van der Waals surface area (Å²) >= 11 is 2.24. The van der Waals surface area contributed by atoms with Gasteiger partial charge in [-0.15, -0.1) is 0 Å². The van der Waals surface area contributed by atoms with Gasteiger partial charge in [0.25, 0.3) is 0 Å². The van der Waals surface area contributed by atoms with Crippen LogP contribution >= 0.6 is 22.6 Å². The van der Waals surface area contributed by atoms with Crippen LogP contribution in [0.15, 0.2) is 29.6 Å². The maximum atomic E-state index is 12.6. The minimum Gasteiger partial charge on any atom is -0.496 e. The highest BCUT2D eigenvalue weighted by molar-refractivity contribution is 14.1. The summed E-state index contributed by atoms with van der Waals surface area (Å²) in [6, 6.07) is 5.89. The fourth-order valence-corrected chi connectivity index (χ4v) is 4.07. The van der Waals surface area contributed by atoms with Gasteiger partial charge in [0.05, 0.1) is 40.4 Å². The van der Waals surface area contributed by atoms with Gasteiger partial charge in [-0.05, 0) is 54.6 Å². The van der Waals surface area contributed by atoms with Crippen molar-refractivity contribution in [1.82, 2.24) is 15.0 Å². The predicted octanol–water partition coefficient (Wildman–Crippen LogP) is 3.50. The van der Waals surface area contributed by atoms with Gasteiger partial charge in [-0.1, -0.05) is 0 Å². The second-order valence-electron chi connectivity index (χ2n) is 5.24. The SMILES string of the molecule is COc1c(C)cnc(C[S@](=O)c2nc3ccc(I)cc3[nH]2)c1C. The van der Waals surface area contributed by atoms with Gasteiger partial charge in [0, 0.05) is 20.9 Å². The van der Waals surface area contributed by atoms with Crippen LogP contribution in [0.2, 0.25) is 0 Å². The van der Waals surface area contributed by atoms with E-state index in [1.807, 2.05) is 32.0 Å². The van der Waals surface area contributed by atoms with Crippen molar-refractivity contribution >= 4 is 44.4 Å². The number of fused-ring (bicyclic) bond motifs is 1. The molecule has 3 rings (SSSR count). The molecule has 0 aliphatic rings. The number of ether oxygens (including phenoxy) is 1. The third kappa shape index (κ3) is 3.25. The molecular formula is C16H16IN3O2S. The number of aromatic nitrogens is 3. The molecule has 0 amide bonds. The Morgan fingerprint density at radius 3 is 2.87 bits per heavy atom. The zero-order valence-corrected chi connectivity index (χ0v) is 16.0. The molecule has 0 spiro atoms. The molecule has 0 saturated heterocycles. The van der Waals surface area contributed by atoms with Gasteiger partial charge in [-0.3, -0.25) is 9.19 Å². The van der Waals surface area contributed by atoms with E-state index in [1.54, 1.807) is 13.3 Å². The second kappa shape index (κ2) is 6.56. The highest BCUT2D eigenvalue weighted by atomic mass is 127. The molecule has 0 aliphatic heterocycles. The van der Waals surface area contributed by atoms with Crippen molar-refractivity contribution in [1.29, 1.82) is 0 Å². The first-order valence-corrected chi connectivity index (χ1v) is 9.42. The quantitative estimate of drug-likeness (QED) is 0.630. The molecule has 3 aromatic rings. The fraction of sp³-hybridized carbons (Fsp3) is 0.250. The molecule has 0 saturated carbocycles. The first-order valence-electron chi connectivity index (χ1n) is 7.02. The lowest BCUT2D eigenvalue weighted by atomic mass is 10.1. The van der Waals surface area contributed by atoms with Crippen molar-refractivity contribution < 1.29 is 8.95 Å².